The Balaban J connectivity index is 4.86. The maximum atomic E-state index is 13.4. The normalized spacial score (nSPS) is 12.4. The second kappa shape index (κ2) is 29.3. The smallest absolute Gasteiger partial charge is 0.246 e. The van der Waals surface area contributed by atoms with Gasteiger partial charge < -0.3 is 10.0 Å². The van der Waals surface area contributed by atoms with E-state index in [2.05, 4.69) is 32.8 Å². The largest absolute Gasteiger partial charge is 0.396 e. The molecule has 0 saturated carbocycles. The zero-order chi connectivity index (χ0) is 28.1. The van der Waals surface area contributed by atoms with Crippen molar-refractivity contribution in [2.24, 2.45) is 0 Å². The lowest BCUT2D eigenvalue weighted by molar-refractivity contribution is -0.203. The topological polar surface area (TPSA) is 53.0 Å². The quantitative estimate of drug-likeness (QED) is 0.0729. The Labute approximate surface area is 238 Å². The second-order valence-corrected chi connectivity index (χ2v) is 11.8. The molecule has 0 aromatic heterocycles. The summed E-state index contributed by atoms with van der Waals surface area (Å²) in [4.78, 5) is 21.8. The van der Waals surface area contributed by atoms with Gasteiger partial charge in [0.05, 0.1) is 12.6 Å². The maximum absolute atomic E-state index is 13.4. The fraction of sp³-hybridized carbons (Fsp3) is 0.970. The summed E-state index contributed by atoms with van der Waals surface area (Å²) in [6.07, 6.45) is 28.3. The molecule has 0 radical (unpaired) electrons. The van der Waals surface area contributed by atoms with Gasteiger partial charge in [0, 0.05) is 13.0 Å². The van der Waals surface area contributed by atoms with E-state index in [1.54, 1.807) is 0 Å². The molecular formula is C33H68N2O3. The first kappa shape index (κ1) is 37.4. The molecule has 5 heteroatoms. The van der Waals surface area contributed by atoms with E-state index in [1.165, 1.54) is 103 Å². The van der Waals surface area contributed by atoms with Crippen LogP contribution in [0.25, 0.3) is 0 Å². The van der Waals surface area contributed by atoms with Crippen LogP contribution in [-0.2, 0) is 9.63 Å². The number of nitrogens with zero attached hydrogens (tertiary/aromatic N) is 2. The molecule has 0 rings (SSSR count). The molecule has 1 atom stereocenters. The van der Waals surface area contributed by atoms with Gasteiger partial charge in [0.25, 0.3) is 0 Å². The van der Waals surface area contributed by atoms with E-state index in [4.69, 9.17) is 9.94 Å². The summed E-state index contributed by atoms with van der Waals surface area (Å²) >= 11 is 0. The summed E-state index contributed by atoms with van der Waals surface area (Å²) in [5.41, 5.74) is 0. The standard InChI is InChI=1S/C33H68N2O3/c1-5-7-9-11-13-15-20-24-31-38-35(33(37)28-25-29-34(3)4)32(27-22-18-16-19-23-30-36)26-21-17-14-12-10-8-6-2/h32,36H,5-31H2,1-4H3. The molecule has 0 bridgehead atoms. The highest BCUT2D eigenvalue weighted by Gasteiger charge is 2.24. The van der Waals surface area contributed by atoms with Crippen LogP contribution in [0, 0.1) is 0 Å². The van der Waals surface area contributed by atoms with Crippen LogP contribution >= 0.6 is 0 Å². The third-order valence-electron chi connectivity index (χ3n) is 7.64. The van der Waals surface area contributed by atoms with Crippen molar-refractivity contribution in [3.8, 4) is 0 Å². The van der Waals surface area contributed by atoms with Crippen molar-refractivity contribution in [3.63, 3.8) is 0 Å². The van der Waals surface area contributed by atoms with Crippen LogP contribution in [0.3, 0.4) is 0 Å². The summed E-state index contributed by atoms with van der Waals surface area (Å²) in [5, 5.41) is 10.9. The molecule has 38 heavy (non-hydrogen) atoms. The third kappa shape index (κ3) is 24.4. The van der Waals surface area contributed by atoms with Crippen molar-refractivity contribution >= 4 is 5.91 Å². The Kier molecular flexibility index (Phi) is 28.8. The Hall–Kier alpha value is -0.650. The predicted octanol–water partition coefficient (Wildman–Crippen LogP) is 9.07. The van der Waals surface area contributed by atoms with Gasteiger partial charge in [-0.1, -0.05) is 129 Å². The van der Waals surface area contributed by atoms with Crippen molar-refractivity contribution in [2.45, 2.75) is 174 Å². The Morgan fingerprint density at radius 2 is 1.08 bits per heavy atom. The molecule has 1 unspecified atom stereocenters. The van der Waals surface area contributed by atoms with Gasteiger partial charge in [-0.15, -0.1) is 0 Å². The minimum Gasteiger partial charge on any atom is -0.396 e. The maximum Gasteiger partial charge on any atom is 0.246 e. The highest BCUT2D eigenvalue weighted by Crippen LogP contribution is 2.21. The summed E-state index contributed by atoms with van der Waals surface area (Å²) < 4.78 is 0. The van der Waals surface area contributed by atoms with Crippen molar-refractivity contribution in [2.75, 3.05) is 33.9 Å². The van der Waals surface area contributed by atoms with Gasteiger partial charge in [0.1, 0.15) is 0 Å². The first-order chi connectivity index (χ1) is 18.6. The number of hydrogen-bond acceptors (Lipinski definition) is 4. The molecule has 0 aliphatic rings. The average molecular weight is 541 g/mol. The number of hydrogen-bond donors (Lipinski definition) is 1. The molecule has 0 spiro atoms. The number of carbonyl (C=O) groups is 1. The number of carbonyl (C=O) groups excluding carboxylic acids is 1. The van der Waals surface area contributed by atoms with Crippen molar-refractivity contribution in [3.05, 3.63) is 0 Å². The number of rotatable bonds is 30. The SMILES string of the molecule is CCCCCCCCCCON(C(=O)CCCN(C)C)C(CCCCCCCO)CCCCCCCCC. The summed E-state index contributed by atoms with van der Waals surface area (Å²) in [6.45, 7) is 6.43. The van der Waals surface area contributed by atoms with Gasteiger partial charge in [-0.3, -0.25) is 9.63 Å². The fourth-order valence-corrected chi connectivity index (χ4v) is 5.17. The Bertz CT molecular complexity index is 487. The van der Waals surface area contributed by atoms with Crippen LogP contribution in [0.1, 0.15) is 168 Å². The summed E-state index contributed by atoms with van der Waals surface area (Å²) in [7, 11) is 4.14. The van der Waals surface area contributed by atoms with Crippen LogP contribution in [0.5, 0.6) is 0 Å². The molecule has 1 N–H and O–H groups in total. The molecule has 228 valence electrons. The lowest BCUT2D eigenvalue weighted by Crippen LogP contribution is -2.41. The number of amides is 1. The van der Waals surface area contributed by atoms with E-state index in [1.807, 2.05) is 5.06 Å². The van der Waals surface area contributed by atoms with Gasteiger partial charge in [-0.25, -0.2) is 5.06 Å². The third-order valence-corrected chi connectivity index (χ3v) is 7.64. The lowest BCUT2D eigenvalue weighted by Gasteiger charge is -2.31. The van der Waals surface area contributed by atoms with Crippen LogP contribution in [0.4, 0.5) is 0 Å². The van der Waals surface area contributed by atoms with Crippen molar-refractivity contribution in [1.29, 1.82) is 0 Å². The fourth-order valence-electron chi connectivity index (χ4n) is 5.17. The van der Waals surface area contributed by atoms with E-state index in [-0.39, 0.29) is 11.9 Å². The van der Waals surface area contributed by atoms with E-state index >= 15 is 0 Å². The molecule has 0 aromatic carbocycles. The highest BCUT2D eigenvalue weighted by atomic mass is 16.7. The minimum atomic E-state index is 0.180. The zero-order valence-corrected chi connectivity index (χ0v) is 26.3. The van der Waals surface area contributed by atoms with Crippen LogP contribution < -0.4 is 0 Å². The Morgan fingerprint density at radius 3 is 1.55 bits per heavy atom. The molecule has 0 saturated heterocycles. The van der Waals surface area contributed by atoms with Gasteiger partial charge in [-0.05, 0) is 52.7 Å². The summed E-state index contributed by atoms with van der Waals surface area (Å²) in [6, 6.07) is 0.199. The van der Waals surface area contributed by atoms with Gasteiger partial charge in [0.2, 0.25) is 5.91 Å². The van der Waals surface area contributed by atoms with Gasteiger partial charge >= 0.3 is 0 Å². The molecular weight excluding hydrogens is 472 g/mol. The highest BCUT2D eigenvalue weighted by molar-refractivity contribution is 5.75. The van der Waals surface area contributed by atoms with Crippen LogP contribution in [0.15, 0.2) is 0 Å². The first-order valence-corrected chi connectivity index (χ1v) is 16.8. The van der Waals surface area contributed by atoms with Gasteiger partial charge in [0.15, 0.2) is 0 Å². The molecule has 0 heterocycles. The second-order valence-electron chi connectivity index (χ2n) is 11.8. The number of hydroxylamine groups is 2. The molecule has 0 aliphatic carbocycles. The number of unbranched alkanes of at least 4 members (excludes halogenated alkanes) is 17. The van der Waals surface area contributed by atoms with E-state index < -0.39 is 0 Å². The zero-order valence-electron chi connectivity index (χ0n) is 26.3. The van der Waals surface area contributed by atoms with Gasteiger partial charge in [-0.2, -0.15) is 0 Å². The molecule has 0 aromatic rings. The van der Waals surface area contributed by atoms with Crippen LogP contribution in [-0.4, -0.2) is 60.9 Å². The molecule has 1 amide bonds. The average Bonchev–Trinajstić information content (AvgIpc) is 2.90. The molecule has 0 aliphatic heterocycles. The van der Waals surface area contributed by atoms with E-state index in [0.717, 1.165) is 51.5 Å². The minimum absolute atomic E-state index is 0.180. The van der Waals surface area contributed by atoms with Crippen molar-refractivity contribution < 1.29 is 14.7 Å². The van der Waals surface area contributed by atoms with E-state index in [0.29, 0.717) is 19.6 Å². The number of aliphatic hydroxyl groups excluding tert-OH is 1. The lowest BCUT2D eigenvalue weighted by atomic mass is 9.99. The molecule has 5 nitrogen and oxygen atoms in total. The first-order valence-electron chi connectivity index (χ1n) is 16.8. The van der Waals surface area contributed by atoms with Crippen molar-refractivity contribution in [1.82, 2.24) is 9.96 Å². The Morgan fingerprint density at radius 1 is 0.632 bits per heavy atom. The van der Waals surface area contributed by atoms with E-state index in [9.17, 15) is 4.79 Å². The molecule has 0 fully saturated rings. The van der Waals surface area contributed by atoms with Crippen LogP contribution in [0.2, 0.25) is 0 Å². The number of aliphatic hydroxyl groups is 1. The predicted molar refractivity (Wildman–Crippen MR) is 164 cm³/mol. The summed E-state index contributed by atoms with van der Waals surface area (Å²) in [5.74, 6) is 0.180. The monoisotopic (exact) mass is 541 g/mol.